The minimum absolute atomic E-state index is 0.0227. The van der Waals surface area contributed by atoms with Crippen LogP contribution in [0.4, 0.5) is 0 Å². The molecule has 6 unspecified atom stereocenters. The van der Waals surface area contributed by atoms with Crippen molar-refractivity contribution in [2.24, 2.45) is 58.7 Å². The molecule has 0 aromatic heterocycles. The average molecular weight is 759 g/mol. The van der Waals surface area contributed by atoms with Crippen LogP contribution < -0.4 is 10.6 Å². The molecule has 54 heavy (non-hydrogen) atoms. The van der Waals surface area contributed by atoms with Gasteiger partial charge in [0.25, 0.3) is 0 Å². The summed E-state index contributed by atoms with van der Waals surface area (Å²) in [5.74, 6) is 3.41. The van der Waals surface area contributed by atoms with Crippen molar-refractivity contribution >= 4 is 11.8 Å². The molecule has 7 aliphatic rings. The van der Waals surface area contributed by atoms with Gasteiger partial charge < -0.3 is 30.5 Å². The fourth-order valence-corrected chi connectivity index (χ4v) is 13.0. The molecule has 7 rings (SSSR count). The average Bonchev–Trinajstić information content (AvgIpc) is 3.51. The summed E-state index contributed by atoms with van der Waals surface area (Å²) in [5.41, 5.74) is 0.327. The zero-order chi connectivity index (χ0) is 38.7. The Morgan fingerprint density at radius 2 is 1.70 bits per heavy atom. The second kappa shape index (κ2) is 18.5. The molecule has 1 heterocycles. The summed E-state index contributed by atoms with van der Waals surface area (Å²) in [6, 6.07) is -0.347. The van der Waals surface area contributed by atoms with Crippen LogP contribution in [0.15, 0.2) is 0 Å². The van der Waals surface area contributed by atoms with E-state index in [0.717, 1.165) is 63.8 Å². The molecule has 2 amide bonds. The number of aliphatic hydroxyl groups excluding tert-OH is 2. The lowest BCUT2D eigenvalue weighted by Crippen LogP contribution is -2.62. The first-order chi connectivity index (χ1) is 25.8. The Hall–Kier alpha value is -1.30. The van der Waals surface area contributed by atoms with E-state index in [-0.39, 0.29) is 42.5 Å². The summed E-state index contributed by atoms with van der Waals surface area (Å²) in [5, 5.41) is 30.1. The van der Waals surface area contributed by atoms with Crippen LogP contribution in [0.2, 0.25) is 0 Å². The molecule has 1 aliphatic heterocycles. The first-order valence-corrected chi connectivity index (χ1v) is 22.3. The fraction of sp³-hybridized carbons (Fsp3) is 0.955. The van der Waals surface area contributed by atoms with E-state index in [9.17, 15) is 19.8 Å². The number of hydrogen-bond acceptors (Lipinski definition) is 8. The van der Waals surface area contributed by atoms with Gasteiger partial charge in [0.1, 0.15) is 12.1 Å². The Bertz CT molecular complexity index is 1230. The second-order valence-corrected chi connectivity index (χ2v) is 20.1. The summed E-state index contributed by atoms with van der Waals surface area (Å²) >= 11 is 0. The number of aliphatic hydroxyl groups is 2. The fourth-order valence-electron chi connectivity index (χ4n) is 13.0. The molecule has 0 spiro atoms. The maximum Gasteiger partial charge on any atom is 0.240 e. The minimum atomic E-state index is -0.807. The lowest BCUT2D eigenvalue weighted by molar-refractivity contribution is -0.193. The van der Waals surface area contributed by atoms with Crippen LogP contribution >= 0.6 is 0 Å². The van der Waals surface area contributed by atoms with Crippen LogP contribution in [0.25, 0.3) is 0 Å². The zero-order valence-electron chi connectivity index (χ0n) is 35.0. The maximum absolute atomic E-state index is 14.3. The molecule has 310 valence electrons. The molecule has 4 N–H and O–H groups in total. The molecule has 7 fully saturated rings. The van der Waals surface area contributed by atoms with Crippen molar-refractivity contribution in [3.8, 4) is 0 Å². The van der Waals surface area contributed by atoms with Crippen LogP contribution in [0, 0.1) is 58.7 Å². The van der Waals surface area contributed by atoms with Crippen molar-refractivity contribution in [1.29, 1.82) is 0 Å². The van der Waals surface area contributed by atoms with Gasteiger partial charge in [-0.3, -0.25) is 14.4 Å². The van der Waals surface area contributed by atoms with Gasteiger partial charge >= 0.3 is 0 Å². The van der Waals surface area contributed by atoms with Gasteiger partial charge in [-0.25, -0.2) is 0 Å². The third kappa shape index (κ3) is 9.52. The number of fused-ring (bicyclic) bond motifs is 2. The Morgan fingerprint density at radius 1 is 0.981 bits per heavy atom. The van der Waals surface area contributed by atoms with Gasteiger partial charge in [0.2, 0.25) is 11.8 Å². The molecule has 0 aromatic carbocycles. The van der Waals surface area contributed by atoms with Gasteiger partial charge in [-0.2, -0.15) is 5.06 Å². The molecule has 1 saturated heterocycles. The number of carbonyl (C=O) groups excluding carboxylic acids is 2. The van der Waals surface area contributed by atoms with Crippen molar-refractivity contribution in [2.75, 3.05) is 40.9 Å². The highest BCUT2D eigenvalue weighted by Crippen LogP contribution is 2.61. The van der Waals surface area contributed by atoms with Crippen molar-refractivity contribution < 1.29 is 29.4 Å². The number of carbonyl (C=O) groups is 2. The van der Waals surface area contributed by atoms with Crippen LogP contribution in [-0.2, 0) is 19.2 Å². The number of likely N-dealkylation sites (N-methyl/N-ethyl adjacent to an activating group) is 1. The lowest BCUT2D eigenvalue weighted by Gasteiger charge is -2.62. The number of rotatable bonds is 15. The van der Waals surface area contributed by atoms with E-state index in [2.05, 4.69) is 50.4 Å². The summed E-state index contributed by atoms with van der Waals surface area (Å²) < 4.78 is 6.39. The number of hydroxylamine groups is 2. The molecule has 14 atom stereocenters. The first kappa shape index (κ1) is 42.3. The van der Waals surface area contributed by atoms with Crippen LogP contribution in [0.1, 0.15) is 130 Å². The van der Waals surface area contributed by atoms with Gasteiger partial charge in [-0.15, -0.1) is 0 Å². The molecule has 6 saturated carbocycles. The van der Waals surface area contributed by atoms with E-state index in [1.165, 1.54) is 44.9 Å². The predicted molar refractivity (Wildman–Crippen MR) is 212 cm³/mol. The van der Waals surface area contributed by atoms with E-state index >= 15 is 0 Å². The highest BCUT2D eigenvalue weighted by Gasteiger charge is 2.58. The number of hydrogen-bond donors (Lipinski definition) is 4. The highest BCUT2D eigenvalue weighted by molar-refractivity contribution is 5.83. The normalized spacial score (nSPS) is 39.8. The summed E-state index contributed by atoms with van der Waals surface area (Å²) in [7, 11) is 6.05. The number of amides is 2. The standard InChI is InChI=1S/C44H78N4O6/c1-27-36-22-33(44(36,3)4)23-37(27)46-43(52)41-40(28(2)50)38(26-49)54-48(41)24-32-17-12-18-35(42(32)53-7)31-16-11-15-30(19-31)21-39(51)45-34(25-47(5)6)20-29-13-9-8-10-14-29/h27-38,40-42,49-50H,8-26H2,1-7H3,(H,45,51)(H,46,52)/t27-,28-,30?,31?,32?,33+,34-,35?,36-,37?,38-,40+,41-,42?/m0/s1. The smallest absolute Gasteiger partial charge is 0.240 e. The Morgan fingerprint density at radius 3 is 2.35 bits per heavy atom. The lowest BCUT2D eigenvalue weighted by atomic mass is 9.45. The summed E-state index contributed by atoms with van der Waals surface area (Å²) in [4.78, 5) is 36.4. The minimum Gasteiger partial charge on any atom is -0.394 e. The molecule has 6 aliphatic carbocycles. The third-order valence-electron chi connectivity index (χ3n) is 15.9. The molecular weight excluding hydrogens is 681 g/mol. The summed E-state index contributed by atoms with van der Waals surface area (Å²) in [6.45, 7) is 9.92. The third-order valence-corrected chi connectivity index (χ3v) is 15.9. The van der Waals surface area contributed by atoms with Crippen molar-refractivity contribution in [2.45, 2.75) is 167 Å². The van der Waals surface area contributed by atoms with E-state index in [1.54, 1.807) is 6.92 Å². The molecule has 2 bridgehead atoms. The Balaban J connectivity index is 1.08. The van der Waals surface area contributed by atoms with Crippen LogP contribution in [0.3, 0.4) is 0 Å². The molecule has 0 aromatic rings. The zero-order valence-corrected chi connectivity index (χ0v) is 35.0. The van der Waals surface area contributed by atoms with Gasteiger partial charge in [-0.05, 0) is 113 Å². The highest BCUT2D eigenvalue weighted by atomic mass is 16.7. The molecular formula is C44H78N4O6. The van der Waals surface area contributed by atoms with Crippen LogP contribution in [0.5, 0.6) is 0 Å². The number of nitrogens with one attached hydrogen (secondary N) is 2. The van der Waals surface area contributed by atoms with Crippen LogP contribution in [-0.4, -0.2) is 109 Å². The van der Waals surface area contributed by atoms with Crippen molar-refractivity contribution in [3.63, 3.8) is 0 Å². The quantitative estimate of drug-likeness (QED) is 0.166. The second-order valence-electron chi connectivity index (χ2n) is 20.1. The van der Waals surface area contributed by atoms with E-state index in [0.29, 0.717) is 53.9 Å². The molecule has 0 radical (unpaired) electrons. The number of ether oxygens (including phenoxy) is 1. The van der Waals surface area contributed by atoms with E-state index in [4.69, 9.17) is 9.57 Å². The number of nitrogens with zero attached hydrogens (tertiary/aromatic N) is 2. The molecule has 10 nitrogen and oxygen atoms in total. The number of methoxy groups -OCH3 is 1. The van der Waals surface area contributed by atoms with E-state index in [1.807, 2.05) is 12.2 Å². The Labute approximate surface area is 327 Å². The van der Waals surface area contributed by atoms with Gasteiger partial charge in [0.05, 0.1) is 18.8 Å². The topological polar surface area (TPSA) is 124 Å². The summed E-state index contributed by atoms with van der Waals surface area (Å²) in [6.07, 6.45) is 16.8. The van der Waals surface area contributed by atoms with E-state index < -0.39 is 24.2 Å². The van der Waals surface area contributed by atoms with Gasteiger partial charge in [0.15, 0.2) is 0 Å². The Kier molecular flexibility index (Phi) is 14.5. The monoisotopic (exact) mass is 759 g/mol. The predicted octanol–water partition coefficient (Wildman–Crippen LogP) is 5.79. The van der Waals surface area contributed by atoms with Gasteiger partial charge in [-0.1, -0.05) is 72.1 Å². The molecule has 10 heteroatoms. The maximum atomic E-state index is 14.3. The first-order valence-electron chi connectivity index (χ1n) is 22.3. The van der Waals surface area contributed by atoms with Crippen molar-refractivity contribution in [1.82, 2.24) is 20.6 Å². The van der Waals surface area contributed by atoms with Crippen molar-refractivity contribution in [3.05, 3.63) is 0 Å². The SMILES string of the molecule is COC1C(CN2O[C@@H](CO)[C@@H]([C@H](C)O)[C@H]2C(=O)NC2C[C@H]3C[C@@H]([C@@H]2C)C3(C)C)CCCC1C1CCCC(CC(=O)N[C@@H](CC2CCCCC2)CN(C)C)C1. The largest absolute Gasteiger partial charge is 0.394 e. The van der Waals surface area contributed by atoms with Gasteiger partial charge in [0, 0.05) is 50.5 Å².